The van der Waals surface area contributed by atoms with Crippen molar-refractivity contribution in [2.75, 3.05) is 25.3 Å². The molecule has 0 radical (unpaired) electrons. The van der Waals surface area contributed by atoms with E-state index in [1.807, 2.05) is 20.2 Å². The zero-order valence-electron chi connectivity index (χ0n) is 13.3. The number of nitrogens with zero attached hydrogens (tertiary/aromatic N) is 5. The molecular weight excluding hydrogens is 350 g/mol. The van der Waals surface area contributed by atoms with Gasteiger partial charge in [0.25, 0.3) is 0 Å². The maximum absolute atomic E-state index is 5.32. The van der Waals surface area contributed by atoms with Crippen molar-refractivity contribution in [3.63, 3.8) is 0 Å². The molecule has 0 aromatic carbocycles. The Kier molecular flexibility index (Phi) is 5.10. The van der Waals surface area contributed by atoms with E-state index in [0.29, 0.717) is 6.54 Å². The van der Waals surface area contributed by atoms with Crippen LogP contribution in [0.3, 0.4) is 0 Å². The number of thiazole rings is 2. The molecule has 3 rings (SSSR count). The molecular formula is C14H17N5OS3. The molecule has 0 aliphatic carbocycles. The molecule has 0 N–H and O–H groups in total. The van der Waals surface area contributed by atoms with Crippen molar-refractivity contribution in [3.05, 3.63) is 22.4 Å². The Morgan fingerprint density at radius 3 is 2.91 bits per heavy atom. The highest BCUT2D eigenvalue weighted by Crippen LogP contribution is 2.33. The van der Waals surface area contributed by atoms with Gasteiger partial charge in [-0.2, -0.15) is 0 Å². The van der Waals surface area contributed by atoms with E-state index in [1.54, 1.807) is 47.9 Å². The number of anilines is 1. The molecule has 3 heterocycles. The van der Waals surface area contributed by atoms with Crippen LogP contribution < -0.4 is 4.90 Å². The Morgan fingerprint density at radius 2 is 2.17 bits per heavy atom. The van der Waals surface area contributed by atoms with Crippen molar-refractivity contribution in [3.8, 4) is 0 Å². The number of rotatable bonds is 6. The zero-order valence-corrected chi connectivity index (χ0v) is 15.8. The second-order valence-electron chi connectivity index (χ2n) is 4.94. The van der Waals surface area contributed by atoms with Crippen molar-refractivity contribution in [1.82, 2.24) is 19.9 Å². The normalized spacial score (nSPS) is 12.7. The van der Waals surface area contributed by atoms with Gasteiger partial charge in [-0.05, 0) is 13.2 Å². The SMILES string of the molecule is COC(C)c1nc(CN(C)c2ncnc3nc(SC)sc23)cs1. The fraction of sp³-hybridized carbons (Fsp3) is 0.429. The molecule has 1 unspecified atom stereocenters. The first-order chi connectivity index (χ1) is 11.1. The van der Waals surface area contributed by atoms with Crippen molar-refractivity contribution in [1.29, 1.82) is 0 Å². The topological polar surface area (TPSA) is 64.0 Å². The minimum atomic E-state index is 0.0236. The Morgan fingerprint density at radius 1 is 1.35 bits per heavy atom. The lowest BCUT2D eigenvalue weighted by molar-refractivity contribution is 0.119. The average molecular weight is 368 g/mol. The van der Waals surface area contributed by atoms with Gasteiger partial charge in [0.1, 0.15) is 22.1 Å². The first-order valence-electron chi connectivity index (χ1n) is 6.96. The first-order valence-corrected chi connectivity index (χ1v) is 9.88. The van der Waals surface area contributed by atoms with Crippen LogP contribution in [0.15, 0.2) is 16.0 Å². The molecule has 0 fully saturated rings. The molecule has 3 aromatic rings. The molecule has 0 spiro atoms. The summed E-state index contributed by atoms with van der Waals surface area (Å²) in [6.07, 6.45) is 3.61. The minimum absolute atomic E-state index is 0.0236. The standard InChI is InChI=1S/C14H17N5OS3/c1-8(20-3)13-17-9(6-22-13)5-19(2)12-10-11(15-7-16-12)18-14(21-4)23-10/h6-8H,5H2,1-4H3. The van der Waals surface area contributed by atoms with Crippen molar-refractivity contribution >= 4 is 50.6 Å². The summed E-state index contributed by atoms with van der Waals surface area (Å²) in [4.78, 5) is 19.9. The summed E-state index contributed by atoms with van der Waals surface area (Å²) in [5.74, 6) is 0.891. The fourth-order valence-electron chi connectivity index (χ4n) is 2.08. The second-order valence-corrected chi connectivity index (χ2v) is 7.89. The van der Waals surface area contributed by atoms with Gasteiger partial charge in [-0.15, -0.1) is 22.7 Å². The lowest BCUT2D eigenvalue weighted by Gasteiger charge is -2.16. The fourth-order valence-corrected chi connectivity index (χ4v) is 4.48. The number of aromatic nitrogens is 4. The highest BCUT2D eigenvalue weighted by Gasteiger charge is 2.16. The Bertz CT molecular complexity index is 803. The van der Waals surface area contributed by atoms with Crippen LogP contribution in [0.2, 0.25) is 0 Å². The van der Waals surface area contributed by atoms with E-state index in [-0.39, 0.29) is 6.10 Å². The van der Waals surface area contributed by atoms with E-state index in [9.17, 15) is 0 Å². The van der Waals surface area contributed by atoms with E-state index >= 15 is 0 Å². The van der Waals surface area contributed by atoms with Crippen LogP contribution >= 0.6 is 34.4 Å². The third-order valence-electron chi connectivity index (χ3n) is 3.36. The summed E-state index contributed by atoms with van der Waals surface area (Å²) < 4.78 is 7.33. The third kappa shape index (κ3) is 3.47. The molecule has 3 aromatic heterocycles. The van der Waals surface area contributed by atoms with E-state index in [1.165, 1.54) is 0 Å². The number of fused-ring (bicyclic) bond motifs is 1. The van der Waals surface area contributed by atoms with E-state index in [0.717, 1.165) is 31.2 Å². The highest BCUT2D eigenvalue weighted by molar-refractivity contribution is 8.00. The van der Waals surface area contributed by atoms with Crippen LogP contribution in [0, 0.1) is 0 Å². The predicted molar refractivity (Wildman–Crippen MR) is 96.6 cm³/mol. The van der Waals surface area contributed by atoms with Gasteiger partial charge in [0.05, 0.1) is 12.2 Å². The molecule has 6 nitrogen and oxygen atoms in total. The van der Waals surface area contributed by atoms with E-state index < -0.39 is 0 Å². The number of hydrogen-bond donors (Lipinski definition) is 0. The first kappa shape index (κ1) is 16.6. The maximum Gasteiger partial charge on any atom is 0.176 e. The van der Waals surface area contributed by atoms with Gasteiger partial charge < -0.3 is 9.64 Å². The van der Waals surface area contributed by atoms with Crippen LogP contribution in [-0.4, -0.2) is 40.3 Å². The van der Waals surface area contributed by atoms with Crippen molar-refractivity contribution in [2.45, 2.75) is 23.9 Å². The smallest absolute Gasteiger partial charge is 0.176 e. The Balaban J connectivity index is 1.84. The largest absolute Gasteiger partial charge is 0.375 e. The van der Waals surface area contributed by atoms with Gasteiger partial charge in [-0.25, -0.2) is 19.9 Å². The number of methoxy groups -OCH3 is 1. The van der Waals surface area contributed by atoms with Gasteiger partial charge >= 0.3 is 0 Å². The summed E-state index contributed by atoms with van der Waals surface area (Å²) in [6, 6.07) is 0. The molecule has 1 atom stereocenters. The molecule has 0 aliphatic heterocycles. The van der Waals surface area contributed by atoms with Crippen LogP contribution in [0.25, 0.3) is 10.3 Å². The summed E-state index contributed by atoms with van der Waals surface area (Å²) in [7, 11) is 3.71. The van der Waals surface area contributed by atoms with Crippen LogP contribution in [0.5, 0.6) is 0 Å². The number of hydrogen-bond acceptors (Lipinski definition) is 9. The average Bonchev–Trinajstić information content (AvgIpc) is 3.19. The van der Waals surface area contributed by atoms with Crippen LogP contribution in [-0.2, 0) is 11.3 Å². The van der Waals surface area contributed by atoms with Crippen molar-refractivity contribution < 1.29 is 4.74 Å². The number of thioether (sulfide) groups is 1. The van der Waals surface area contributed by atoms with Crippen LogP contribution in [0.4, 0.5) is 5.82 Å². The lowest BCUT2D eigenvalue weighted by atomic mass is 10.4. The summed E-state index contributed by atoms with van der Waals surface area (Å²) >= 11 is 4.87. The van der Waals surface area contributed by atoms with Gasteiger partial charge in [0.15, 0.2) is 15.8 Å². The lowest BCUT2D eigenvalue weighted by Crippen LogP contribution is -2.18. The monoisotopic (exact) mass is 367 g/mol. The molecule has 0 saturated heterocycles. The molecule has 23 heavy (non-hydrogen) atoms. The molecule has 0 saturated carbocycles. The predicted octanol–water partition coefficient (Wildman–Crippen LogP) is 3.61. The highest BCUT2D eigenvalue weighted by atomic mass is 32.2. The zero-order chi connectivity index (χ0) is 16.4. The second kappa shape index (κ2) is 7.08. The van der Waals surface area contributed by atoms with E-state index in [2.05, 4.69) is 30.2 Å². The van der Waals surface area contributed by atoms with E-state index in [4.69, 9.17) is 4.74 Å². The Hall–Kier alpha value is -1.29. The summed E-state index contributed by atoms with van der Waals surface area (Å²) in [6.45, 7) is 2.69. The number of ether oxygens (including phenoxy) is 1. The van der Waals surface area contributed by atoms with Crippen LogP contribution in [0.1, 0.15) is 23.7 Å². The van der Waals surface area contributed by atoms with Gasteiger partial charge in [0.2, 0.25) is 0 Å². The quantitative estimate of drug-likeness (QED) is 0.617. The van der Waals surface area contributed by atoms with Gasteiger partial charge in [0, 0.05) is 19.5 Å². The molecule has 9 heteroatoms. The molecule has 0 aliphatic rings. The van der Waals surface area contributed by atoms with Gasteiger partial charge in [-0.3, -0.25) is 0 Å². The maximum atomic E-state index is 5.32. The third-order valence-corrected chi connectivity index (χ3v) is 6.44. The molecule has 0 amide bonds. The molecule has 0 bridgehead atoms. The van der Waals surface area contributed by atoms with Gasteiger partial charge in [-0.1, -0.05) is 11.8 Å². The molecule has 122 valence electrons. The minimum Gasteiger partial charge on any atom is -0.375 e. The Labute approximate surface area is 147 Å². The van der Waals surface area contributed by atoms with Crippen molar-refractivity contribution in [2.24, 2.45) is 0 Å². The summed E-state index contributed by atoms with van der Waals surface area (Å²) in [5.41, 5.74) is 1.76. The summed E-state index contributed by atoms with van der Waals surface area (Å²) in [5, 5.41) is 3.06.